The Morgan fingerprint density at radius 1 is 1.30 bits per heavy atom. The second kappa shape index (κ2) is 6.10. The Bertz CT molecular complexity index is 909. The number of halogens is 1. The van der Waals surface area contributed by atoms with Crippen LogP contribution in [0.4, 0.5) is 0 Å². The lowest BCUT2D eigenvalue weighted by Crippen LogP contribution is -2.14. The van der Waals surface area contributed by atoms with E-state index in [9.17, 15) is 9.59 Å². The second-order valence-corrected chi connectivity index (χ2v) is 5.34. The van der Waals surface area contributed by atoms with E-state index in [0.717, 1.165) is 11.3 Å². The number of pyridine rings is 1. The molecule has 2 aliphatic heterocycles. The lowest BCUT2D eigenvalue weighted by molar-refractivity contribution is -0.108. The van der Waals surface area contributed by atoms with E-state index in [0.29, 0.717) is 28.4 Å². The highest BCUT2D eigenvalue weighted by Gasteiger charge is 2.20. The normalized spacial score (nSPS) is 11.2. The molecular weight excluding hydrogens is 316 g/mol. The van der Waals surface area contributed by atoms with Crippen LogP contribution in [0.2, 0.25) is 5.02 Å². The summed E-state index contributed by atoms with van der Waals surface area (Å²) in [7, 11) is 0. The van der Waals surface area contributed by atoms with Crippen LogP contribution in [0, 0.1) is 6.92 Å². The fourth-order valence-corrected chi connectivity index (χ4v) is 2.44. The number of nitrogens with zero attached hydrogens (tertiary/aromatic N) is 2. The Kier molecular flexibility index (Phi) is 3.99. The number of aromatic amines is 1. The first kappa shape index (κ1) is 15.1. The SMILES string of the molecule is Cc1[nH]cc2c(=O)n(-c3ccc(Cl)cc3)nc-2c1C=CNC=O. The van der Waals surface area contributed by atoms with Crippen molar-refractivity contribution in [2.45, 2.75) is 6.92 Å². The molecule has 7 heteroatoms. The van der Waals surface area contributed by atoms with Gasteiger partial charge in [-0.05, 0) is 37.3 Å². The van der Waals surface area contributed by atoms with E-state index >= 15 is 0 Å². The number of hydrogen-bond donors (Lipinski definition) is 2. The third-order valence-corrected chi connectivity index (χ3v) is 3.71. The van der Waals surface area contributed by atoms with Crippen molar-refractivity contribution < 1.29 is 4.79 Å². The molecule has 3 rings (SSSR count). The molecule has 0 aromatic heterocycles. The number of H-pyrrole nitrogens is 1. The number of carbonyl (C=O) groups is 1. The van der Waals surface area contributed by atoms with Gasteiger partial charge < -0.3 is 10.3 Å². The van der Waals surface area contributed by atoms with Crippen molar-refractivity contribution in [3.63, 3.8) is 0 Å². The van der Waals surface area contributed by atoms with E-state index in [1.165, 1.54) is 10.9 Å². The highest BCUT2D eigenvalue weighted by molar-refractivity contribution is 6.30. The number of rotatable bonds is 4. The van der Waals surface area contributed by atoms with Crippen molar-refractivity contribution in [2.75, 3.05) is 0 Å². The minimum atomic E-state index is -0.225. The summed E-state index contributed by atoms with van der Waals surface area (Å²) in [6.45, 7) is 1.87. The smallest absolute Gasteiger partial charge is 0.282 e. The maximum atomic E-state index is 12.6. The van der Waals surface area contributed by atoms with Crippen LogP contribution in [-0.4, -0.2) is 21.2 Å². The van der Waals surface area contributed by atoms with Crippen molar-refractivity contribution in [3.8, 4) is 16.9 Å². The van der Waals surface area contributed by atoms with Gasteiger partial charge in [0.05, 0.1) is 11.3 Å². The molecule has 0 fully saturated rings. The Hall–Kier alpha value is -2.86. The van der Waals surface area contributed by atoms with Crippen molar-refractivity contribution in [1.82, 2.24) is 20.1 Å². The molecular formula is C16H13ClN4O2. The predicted octanol–water partition coefficient (Wildman–Crippen LogP) is 2.34. The summed E-state index contributed by atoms with van der Waals surface area (Å²) >= 11 is 5.88. The standard InChI is InChI=1S/C16H13ClN4O2/c1-10-13(6-7-18-9-22)15-14(8-19-10)16(23)21(20-15)12-4-2-11(17)3-5-12/h2-9,19H,1H3,(H,18,22). The first-order chi connectivity index (χ1) is 11.1. The minimum Gasteiger partial charge on any atom is -0.364 e. The summed E-state index contributed by atoms with van der Waals surface area (Å²) in [5.41, 5.74) is 3.01. The molecule has 2 aliphatic rings. The predicted molar refractivity (Wildman–Crippen MR) is 88.8 cm³/mol. The van der Waals surface area contributed by atoms with E-state index in [-0.39, 0.29) is 5.56 Å². The Morgan fingerprint density at radius 3 is 2.74 bits per heavy atom. The molecule has 0 saturated carbocycles. The van der Waals surface area contributed by atoms with Gasteiger partial charge in [0.15, 0.2) is 0 Å². The van der Waals surface area contributed by atoms with Crippen molar-refractivity contribution in [2.24, 2.45) is 0 Å². The molecule has 0 radical (unpaired) electrons. The molecule has 6 nitrogen and oxygen atoms in total. The molecule has 2 heterocycles. The van der Waals surface area contributed by atoms with Gasteiger partial charge in [0.2, 0.25) is 6.41 Å². The van der Waals surface area contributed by atoms with Crippen LogP contribution in [0.1, 0.15) is 11.3 Å². The molecule has 1 amide bonds. The first-order valence-corrected chi connectivity index (χ1v) is 7.23. The molecule has 2 N–H and O–H groups in total. The summed E-state index contributed by atoms with van der Waals surface area (Å²) in [6, 6.07) is 6.87. The summed E-state index contributed by atoms with van der Waals surface area (Å²) in [5, 5.41) is 7.46. The number of fused-ring (bicyclic) bond motifs is 1. The molecule has 116 valence electrons. The van der Waals surface area contributed by atoms with Crippen LogP contribution in [-0.2, 0) is 4.79 Å². The molecule has 1 aromatic carbocycles. The van der Waals surface area contributed by atoms with Gasteiger partial charge in [0, 0.05) is 28.7 Å². The largest absolute Gasteiger partial charge is 0.364 e. The van der Waals surface area contributed by atoms with E-state index < -0.39 is 0 Å². The van der Waals surface area contributed by atoms with Gasteiger partial charge in [-0.2, -0.15) is 9.78 Å². The van der Waals surface area contributed by atoms with Crippen LogP contribution in [0.3, 0.4) is 0 Å². The topological polar surface area (TPSA) is 79.8 Å². The zero-order valence-electron chi connectivity index (χ0n) is 12.2. The number of carbonyl (C=O) groups excluding carboxylic acids is 1. The molecule has 0 bridgehead atoms. The molecule has 1 aromatic rings. The van der Waals surface area contributed by atoms with E-state index in [1.807, 2.05) is 6.92 Å². The summed E-state index contributed by atoms with van der Waals surface area (Å²) in [5.74, 6) is 0. The zero-order valence-corrected chi connectivity index (χ0v) is 13.0. The zero-order chi connectivity index (χ0) is 16.4. The van der Waals surface area contributed by atoms with Gasteiger partial charge in [-0.15, -0.1) is 0 Å². The highest BCUT2D eigenvalue weighted by atomic mass is 35.5. The van der Waals surface area contributed by atoms with Crippen LogP contribution >= 0.6 is 11.6 Å². The van der Waals surface area contributed by atoms with Gasteiger partial charge in [0.25, 0.3) is 5.56 Å². The fourth-order valence-electron chi connectivity index (χ4n) is 2.31. The number of hydrogen-bond acceptors (Lipinski definition) is 3. The number of benzene rings is 1. The first-order valence-electron chi connectivity index (χ1n) is 6.85. The van der Waals surface area contributed by atoms with E-state index in [4.69, 9.17) is 11.6 Å². The van der Waals surface area contributed by atoms with E-state index in [2.05, 4.69) is 15.4 Å². The van der Waals surface area contributed by atoms with Crippen LogP contribution in [0.5, 0.6) is 0 Å². The van der Waals surface area contributed by atoms with Gasteiger partial charge in [-0.1, -0.05) is 11.6 Å². The van der Waals surface area contributed by atoms with Crippen LogP contribution in [0.25, 0.3) is 23.0 Å². The summed E-state index contributed by atoms with van der Waals surface area (Å²) in [6.07, 6.45) is 5.40. The number of aromatic nitrogens is 3. The highest BCUT2D eigenvalue weighted by Crippen LogP contribution is 2.24. The van der Waals surface area contributed by atoms with Gasteiger partial charge in [-0.25, -0.2) is 0 Å². The van der Waals surface area contributed by atoms with Gasteiger partial charge >= 0.3 is 0 Å². The molecule has 0 saturated heterocycles. The van der Waals surface area contributed by atoms with Gasteiger partial charge in [-0.3, -0.25) is 9.59 Å². The number of nitrogens with one attached hydrogen (secondary N) is 2. The summed E-state index contributed by atoms with van der Waals surface area (Å²) < 4.78 is 1.33. The molecule has 0 atom stereocenters. The van der Waals surface area contributed by atoms with E-state index in [1.54, 1.807) is 36.5 Å². The Balaban J connectivity index is 2.19. The van der Waals surface area contributed by atoms with Crippen molar-refractivity contribution in [1.29, 1.82) is 0 Å². The summed E-state index contributed by atoms with van der Waals surface area (Å²) in [4.78, 5) is 26.0. The second-order valence-electron chi connectivity index (χ2n) is 4.90. The fraction of sp³-hybridized carbons (Fsp3) is 0.0625. The average molecular weight is 329 g/mol. The van der Waals surface area contributed by atoms with Crippen LogP contribution in [0.15, 0.2) is 41.5 Å². The Morgan fingerprint density at radius 2 is 2.04 bits per heavy atom. The quantitative estimate of drug-likeness (QED) is 0.721. The van der Waals surface area contributed by atoms with Crippen molar-refractivity contribution >= 4 is 24.1 Å². The van der Waals surface area contributed by atoms with Gasteiger partial charge in [0.1, 0.15) is 5.69 Å². The average Bonchev–Trinajstić information content (AvgIpc) is 2.88. The number of amides is 1. The third-order valence-electron chi connectivity index (χ3n) is 3.46. The lowest BCUT2D eigenvalue weighted by Gasteiger charge is -2.05. The van der Waals surface area contributed by atoms with Crippen molar-refractivity contribution in [3.05, 3.63) is 63.3 Å². The minimum absolute atomic E-state index is 0.225. The monoisotopic (exact) mass is 328 g/mol. The maximum absolute atomic E-state index is 12.6. The lowest BCUT2D eigenvalue weighted by atomic mass is 10.1. The van der Waals surface area contributed by atoms with Crippen LogP contribution < -0.4 is 10.9 Å². The molecule has 0 spiro atoms. The molecule has 0 unspecified atom stereocenters. The maximum Gasteiger partial charge on any atom is 0.282 e. The Labute approximate surface area is 136 Å². The molecule has 23 heavy (non-hydrogen) atoms. The third kappa shape index (κ3) is 2.76. The number of aryl methyl sites for hydroxylation is 1. The molecule has 0 aliphatic carbocycles.